The molecule has 2 atom stereocenters. The van der Waals surface area contributed by atoms with E-state index in [2.05, 4.69) is 34.6 Å². The minimum Gasteiger partial charge on any atom is -0.481 e. The molecule has 1 aromatic heterocycles. The average Bonchev–Trinajstić information content (AvgIpc) is 3.50. The first kappa shape index (κ1) is 23.0. The number of aromatic nitrogens is 1. The average molecular weight is 492 g/mol. The van der Waals surface area contributed by atoms with E-state index in [4.69, 9.17) is 4.74 Å². The second-order valence-corrected chi connectivity index (χ2v) is 9.86. The fraction of sp³-hybridized carbons (Fsp3) is 0.308. The number of benzene rings is 2. The summed E-state index contributed by atoms with van der Waals surface area (Å²) in [4.78, 5) is 43.3. The van der Waals surface area contributed by atoms with Crippen LogP contribution < -0.4 is 5.32 Å². The molecule has 2 aromatic carbocycles. The molecule has 180 valence electrons. The Kier molecular flexibility index (Phi) is 6.02. The highest BCUT2D eigenvalue weighted by Gasteiger charge is 2.39. The van der Waals surface area contributed by atoms with Crippen molar-refractivity contribution in [3.63, 3.8) is 0 Å². The standard InChI is InChI=1S/C26H25N3O5S/c1-14-22(23(30)29-12-11-16(15(29)2)24(31)32)35-25(27-14)28-26(33)34-13-21-19-9-5-3-7-17(19)18-8-4-6-10-20(18)21/h3-10,15-16,21H,11-13H2,1-2H3,(H,31,32)(H,27,28,33). The third-order valence-electron chi connectivity index (χ3n) is 6.88. The van der Waals surface area contributed by atoms with Gasteiger partial charge in [-0.05, 0) is 42.5 Å². The first-order valence-electron chi connectivity index (χ1n) is 11.5. The molecule has 5 rings (SSSR count). The van der Waals surface area contributed by atoms with Crippen LogP contribution in [0.1, 0.15) is 45.8 Å². The Balaban J connectivity index is 1.25. The minimum atomic E-state index is -0.897. The van der Waals surface area contributed by atoms with Gasteiger partial charge in [-0.15, -0.1) is 0 Å². The van der Waals surface area contributed by atoms with Crippen LogP contribution in [0.15, 0.2) is 48.5 Å². The lowest BCUT2D eigenvalue weighted by Gasteiger charge is -2.22. The fourth-order valence-electron chi connectivity index (χ4n) is 5.06. The van der Waals surface area contributed by atoms with Gasteiger partial charge in [-0.1, -0.05) is 59.9 Å². The Morgan fingerprint density at radius 2 is 1.74 bits per heavy atom. The number of aryl methyl sites for hydroxylation is 1. The van der Waals surface area contributed by atoms with Gasteiger partial charge in [0.05, 0.1) is 11.6 Å². The third-order valence-corrected chi connectivity index (χ3v) is 7.94. The molecular formula is C26H25N3O5S. The van der Waals surface area contributed by atoms with Gasteiger partial charge in [0.2, 0.25) is 0 Å². The number of carboxylic acid groups (broad SMARTS) is 1. The monoisotopic (exact) mass is 491 g/mol. The summed E-state index contributed by atoms with van der Waals surface area (Å²) in [6, 6.07) is 15.8. The summed E-state index contributed by atoms with van der Waals surface area (Å²) in [6.45, 7) is 4.00. The zero-order valence-corrected chi connectivity index (χ0v) is 20.2. The molecule has 0 radical (unpaired) electrons. The Bertz CT molecular complexity index is 1270. The van der Waals surface area contributed by atoms with E-state index in [1.807, 2.05) is 24.3 Å². The molecule has 2 unspecified atom stereocenters. The molecule has 1 aliphatic heterocycles. The third kappa shape index (κ3) is 4.16. The number of hydrogen-bond donors (Lipinski definition) is 2. The first-order valence-corrected chi connectivity index (χ1v) is 12.3. The van der Waals surface area contributed by atoms with Crippen LogP contribution in [0.25, 0.3) is 11.1 Å². The second-order valence-electron chi connectivity index (χ2n) is 8.86. The van der Waals surface area contributed by atoms with Crippen molar-refractivity contribution in [2.45, 2.75) is 32.2 Å². The fourth-order valence-corrected chi connectivity index (χ4v) is 5.97. The number of anilines is 1. The Morgan fingerprint density at radius 1 is 1.11 bits per heavy atom. The van der Waals surface area contributed by atoms with Crippen molar-refractivity contribution in [2.24, 2.45) is 5.92 Å². The number of ether oxygens (including phenoxy) is 1. The molecule has 2 aliphatic rings. The highest BCUT2D eigenvalue weighted by molar-refractivity contribution is 7.17. The van der Waals surface area contributed by atoms with E-state index in [-0.39, 0.29) is 23.6 Å². The normalized spacial score (nSPS) is 18.7. The van der Waals surface area contributed by atoms with Crippen LogP contribution in [-0.4, -0.2) is 52.2 Å². The van der Waals surface area contributed by atoms with Crippen LogP contribution in [0, 0.1) is 12.8 Å². The summed E-state index contributed by atoms with van der Waals surface area (Å²) < 4.78 is 5.57. The first-order chi connectivity index (χ1) is 16.8. The maximum atomic E-state index is 13.0. The van der Waals surface area contributed by atoms with E-state index in [9.17, 15) is 19.5 Å². The highest BCUT2D eigenvalue weighted by Crippen LogP contribution is 2.44. The van der Waals surface area contributed by atoms with Crippen LogP contribution in [-0.2, 0) is 9.53 Å². The van der Waals surface area contributed by atoms with Gasteiger partial charge in [0.15, 0.2) is 5.13 Å². The van der Waals surface area contributed by atoms with Gasteiger partial charge in [-0.2, -0.15) is 0 Å². The number of carboxylic acids is 1. The van der Waals surface area contributed by atoms with E-state index in [0.29, 0.717) is 23.5 Å². The quantitative estimate of drug-likeness (QED) is 0.533. The molecule has 0 saturated carbocycles. The second kappa shape index (κ2) is 9.14. The predicted molar refractivity (Wildman–Crippen MR) is 132 cm³/mol. The number of fused-ring (bicyclic) bond motifs is 3. The molecule has 9 heteroatoms. The van der Waals surface area contributed by atoms with Crippen molar-refractivity contribution in [2.75, 3.05) is 18.5 Å². The van der Waals surface area contributed by atoms with Crippen molar-refractivity contribution in [1.29, 1.82) is 0 Å². The van der Waals surface area contributed by atoms with Gasteiger partial charge in [0.25, 0.3) is 5.91 Å². The number of aliphatic carboxylic acids is 1. The number of thiazole rings is 1. The van der Waals surface area contributed by atoms with E-state index >= 15 is 0 Å². The molecular weight excluding hydrogens is 466 g/mol. The maximum Gasteiger partial charge on any atom is 0.413 e. The summed E-state index contributed by atoms with van der Waals surface area (Å²) in [6.07, 6.45) is -0.217. The van der Waals surface area contributed by atoms with Crippen LogP contribution in [0.4, 0.5) is 9.93 Å². The van der Waals surface area contributed by atoms with Crippen molar-refractivity contribution < 1.29 is 24.2 Å². The van der Waals surface area contributed by atoms with E-state index in [1.54, 1.807) is 18.7 Å². The molecule has 8 nitrogen and oxygen atoms in total. The number of amides is 2. The summed E-state index contributed by atoms with van der Waals surface area (Å²) in [5.41, 5.74) is 5.03. The topological polar surface area (TPSA) is 109 Å². The van der Waals surface area contributed by atoms with Gasteiger partial charge in [0, 0.05) is 18.5 Å². The van der Waals surface area contributed by atoms with Crippen molar-refractivity contribution in [3.05, 3.63) is 70.2 Å². The Morgan fingerprint density at radius 3 is 2.34 bits per heavy atom. The van der Waals surface area contributed by atoms with Crippen LogP contribution >= 0.6 is 11.3 Å². The predicted octanol–water partition coefficient (Wildman–Crippen LogP) is 4.75. The molecule has 35 heavy (non-hydrogen) atoms. The summed E-state index contributed by atoms with van der Waals surface area (Å²) in [5.74, 6) is -1.80. The number of nitrogens with zero attached hydrogens (tertiary/aromatic N) is 2. The molecule has 2 N–H and O–H groups in total. The Hall–Kier alpha value is -3.72. The molecule has 2 heterocycles. The Labute approximate surface area is 206 Å². The number of nitrogens with one attached hydrogen (secondary N) is 1. The number of rotatable bonds is 5. The summed E-state index contributed by atoms with van der Waals surface area (Å²) >= 11 is 1.07. The van der Waals surface area contributed by atoms with Gasteiger partial charge >= 0.3 is 12.1 Å². The highest BCUT2D eigenvalue weighted by atomic mass is 32.1. The molecule has 1 fully saturated rings. The van der Waals surface area contributed by atoms with E-state index in [1.165, 1.54) is 0 Å². The number of hydrogen-bond acceptors (Lipinski definition) is 6. The van der Waals surface area contributed by atoms with E-state index in [0.717, 1.165) is 33.6 Å². The number of likely N-dealkylation sites (tertiary alicyclic amines) is 1. The SMILES string of the molecule is Cc1nc(NC(=O)OCC2c3ccccc3-c3ccccc32)sc1C(=O)N1CCC(C(=O)O)C1C. The van der Waals surface area contributed by atoms with Gasteiger partial charge in [0.1, 0.15) is 11.5 Å². The van der Waals surface area contributed by atoms with Crippen molar-refractivity contribution in [3.8, 4) is 11.1 Å². The smallest absolute Gasteiger partial charge is 0.413 e. The van der Waals surface area contributed by atoms with Gasteiger partial charge < -0.3 is 14.7 Å². The lowest BCUT2D eigenvalue weighted by molar-refractivity contribution is -0.142. The molecule has 2 amide bonds. The zero-order chi connectivity index (χ0) is 24.7. The van der Waals surface area contributed by atoms with E-state index < -0.39 is 24.0 Å². The lowest BCUT2D eigenvalue weighted by Crippen LogP contribution is -2.37. The molecule has 3 aromatic rings. The van der Waals surface area contributed by atoms with Crippen molar-refractivity contribution >= 4 is 34.4 Å². The molecule has 1 saturated heterocycles. The van der Waals surface area contributed by atoms with Crippen LogP contribution in [0.5, 0.6) is 0 Å². The van der Waals surface area contributed by atoms with Crippen LogP contribution in [0.2, 0.25) is 0 Å². The van der Waals surface area contributed by atoms with Crippen molar-refractivity contribution in [1.82, 2.24) is 9.88 Å². The largest absolute Gasteiger partial charge is 0.481 e. The van der Waals surface area contributed by atoms with Crippen LogP contribution in [0.3, 0.4) is 0 Å². The summed E-state index contributed by atoms with van der Waals surface area (Å²) in [5, 5.41) is 12.2. The number of carbonyl (C=O) groups excluding carboxylic acids is 2. The lowest BCUT2D eigenvalue weighted by atomic mass is 9.98. The van der Waals surface area contributed by atoms with Gasteiger partial charge in [-0.25, -0.2) is 9.78 Å². The number of carbonyl (C=O) groups is 3. The maximum absolute atomic E-state index is 13.0. The minimum absolute atomic E-state index is 0.0536. The molecule has 0 bridgehead atoms. The molecule has 1 aliphatic carbocycles. The van der Waals surface area contributed by atoms with Gasteiger partial charge in [-0.3, -0.25) is 14.9 Å². The molecule has 0 spiro atoms. The zero-order valence-electron chi connectivity index (χ0n) is 19.4. The summed E-state index contributed by atoms with van der Waals surface area (Å²) in [7, 11) is 0.